The van der Waals surface area contributed by atoms with Crippen LogP contribution in [0.3, 0.4) is 0 Å². The fraction of sp³-hybridized carbons (Fsp3) is 0.278. The van der Waals surface area contributed by atoms with Crippen LogP contribution in [0.5, 0.6) is 0 Å². The number of carbonyl (C=O) groups excluding carboxylic acids is 2. The van der Waals surface area contributed by atoms with E-state index in [1.54, 1.807) is 18.2 Å². The molecule has 0 aromatic heterocycles. The zero-order valence-electron chi connectivity index (χ0n) is 25.4. The Morgan fingerprint density at radius 2 is 1.37 bits per heavy atom. The molecule has 5 rings (SSSR count). The number of hydrogen-bond donors (Lipinski definition) is 1. The molecule has 2 amide bonds. The SMILES string of the molecule is O=C(NC1CCCCC1)C(Cc1ccccc1)N(Cc1ccccc1)C(=O)CN(c1ccc(Cl)cc1Cl)S(=O)(=O)c1ccccc1. The third-order valence-electron chi connectivity index (χ3n) is 8.21. The summed E-state index contributed by atoms with van der Waals surface area (Å²) >= 11 is 12.7. The molecule has 0 heterocycles. The van der Waals surface area contributed by atoms with E-state index >= 15 is 0 Å². The average Bonchev–Trinajstić information content (AvgIpc) is 3.07. The van der Waals surface area contributed by atoms with Gasteiger partial charge in [-0.25, -0.2) is 8.42 Å². The van der Waals surface area contributed by atoms with Gasteiger partial charge >= 0.3 is 0 Å². The number of amides is 2. The number of sulfonamides is 1. The van der Waals surface area contributed by atoms with E-state index in [0.717, 1.165) is 47.5 Å². The number of nitrogens with zero attached hydrogens (tertiary/aromatic N) is 2. The summed E-state index contributed by atoms with van der Waals surface area (Å²) in [5.41, 5.74) is 1.79. The van der Waals surface area contributed by atoms with Crippen LogP contribution < -0.4 is 9.62 Å². The fourth-order valence-corrected chi connectivity index (χ4v) is 7.81. The third kappa shape index (κ3) is 8.49. The van der Waals surface area contributed by atoms with Gasteiger partial charge in [0.15, 0.2) is 0 Å². The molecule has 4 aromatic carbocycles. The number of anilines is 1. The zero-order valence-corrected chi connectivity index (χ0v) is 27.7. The van der Waals surface area contributed by atoms with Crippen molar-refractivity contribution < 1.29 is 18.0 Å². The van der Waals surface area contributed by atoms with Gasteiger partial charge in [0.2, 0.25) is 11.8 Å². The predicted molar refractivity (Wildman–Crippen MR) is 183 cm³/mol. The molecule has 1 fully saturated rings. The molecule has 240 valence electrons. The van der Waals surface area contributed by atoms with Gasteiger partial charge in [-0.2, -0.15) is 0 Å². The quantitative estimate of drug-likeness (QED) is 0.171. The van der Waals surface area contributed by atoms with Crippen molar-refractivity contribution in [3.05, 3.63) is 130 Å². The van der Waals surface area contributed by atoms with Crippen LogP contribution in [0.4, 0.5) is 5.69 Å². The number of halogens is 2. The summed E-state index contributed by atoms with van der Waals surface area (Å²) in [6, 6.07) is 30.4. The third-order valence-corrected chi connectivity index (χ3v) is 10.5. The molecule has 1 aliphatic rings. The van der Waals surface area contributed by atoms with Gasteiger partial charge in [0.1, 0.15) is 12.6 Å². The Labute approximate surface area is 281 Å². The Morgan fingerprint density at radius 1 is 0.783 bits per heavy atom. The van der Waals surface area contributed by atoms with E-state index in [0.29, 0.717) is 5.02 Å². The van der Waals surface area contributed by atoms with Gasteiger partial charge < -0.3 is 10.2 Å². The monoisotopic (exact) mass is 677 g/mol. The lowest BCUT2D eigenvalue weighted by molar-refractivity contribution is -0.140. The summed E-state index contributed by atoms with van der Waals surface area (Å²) in [6.07, 6.45) is 5.23. The first-order valence-corrected chi connectivity index (χ1v) is 17.6. The van der Waals surface area contributed by atoms with E-state index in [1.165, 1.54) is 35.2 Å². The second kappa shape index (κ2) is 15.6. The molecule has 0 spiro atoms. The van der Waals surface area contributed by atoms with Crippen molar-refractivity contribution in [1.82, 2.24) is 10.2 Å². The van der Waals surface area contributed by atoms with Crippen molar-refractivity contribution in [2.45, 2.75) is 62.0 Å². The molecular weight excluding hydrogens is 641 g/mol. The highest BCUT2D eigenvalue weighted by Crippen LogP contribution is 2.33. The van der Waals surface area contributed by atoms with E-state index < -0.39 is 28.5 Å². The zero-order chi connectivity index (χ0) is 32.5. The van der Waals surface area contributed by atoms with Crippen LogP contribution in [0.15, 0.2) is 114 Å². The summed E-state index contributed by atoms with van der Waals surface area (Å²) in [7, 11) is -4.26. The predicted octanol–water partition coefficient (Wildman–Crippen LogP) is 7.28. The maximum Gasteiger partial charge on any atom is 0.264 e. The standard InChI is InChI=1S/C36H37Cl2N3O4S/c37-29-21-22-33(32(38)24-29)41(46(44,45)31-19-11-4-12-20-31)26-35(42)40(25-28-15-7-2-8-16-28)34(23-27-13-5-1-6-14-27)36(43)39-30-17-9-3-10-18-30/h1-2,4-8,11-16,19-22,24,30,34H,3,9-10,17-18,23,25-26H2,(H,39,43). The average molecular weight is 679 g/mol. The highest BCUT2D eigenvalue weighted by atomic mass is 35.5. The first-order chi connectivity index (χ1) is 22.2. The lowest BCUT2D eigenvalue weighted by Crippen LogP contribution is -2.55. The highest BCUT2D eigenvalue weighted by Gasteiger charge is 2.36. The van der Waals surface area contributed by atoms with Gasteiger partial charge in [0.05, 0.1) is 15.6 Å². The molecule has 1 saturated carbocycles. The molecule has 10 heteroatoms. The van der Waals surface area contributed by atoms with Crippen molar-refractivity contribution in [2.24, 2.45) is 0 Å². The summed E-state index contributed by atoms with van der Waals surface area (Å²) in [5, 5.41) is 3.61. The molecule has 0 aliphatic heterocycles. The number of carbonyl (C=O) groups is 2. The van der Waals surface area contributed by atoms with Crippen molar-refractivity contribution >= 4 is 50.7 Å². The molecule has 46 heavy (non-hydrogen) atoms. The molecule has 1 unspecified atom stereocenters. The van der Waals surface area contributed by atoms with Crippen molar-refractivity contribution in [1.29, 1.82) is 0 Å². The van der Waals surface area contributed by atoms with Crippen LogP contribution in [-0.4, -0.2) is 43.8 Å². The summed E-state index contributed by atoms with van der Waals surface area (Å²) in [5.74, 6) is -0.809. The molecule has 7 nitrogen and oxygen atoms in total. The Bertz CT molecular complexity index is 1720. The Balaban J connectivity index is 1.56. The van der Waals surface area contributed by atoms with Gasteiger partial charge in [-0.3, -0.25) is 13.9 Å². The van der Waals surface area contributed by atoms with Crippen LogP contribution in [0.1, 0.15) is 43.2 Å². The maximum absolute atomic E-state index is 14.6. The molecule has 0 bridgehead atoms. The largest absolute Gasteiger partial charge is 0.352 e. The maximum atomic E-state index is 14.6. The van der Waals surface area contributed by atoms with Gasteiger partial charge in [-0.05, 0) is 54.3 Å². The van der Waals surface area contributed by atoms with Crippen molar-refractivity contribution in [2.75, 3.05) is 10.8 Å². The summed E-state index contributed by atoms with van der Waals surface area (Å²) < 4.78 is 29.3. The lowest BCUT2D eigenvalue weighted by atomic mass is 9.94. The minimum absolute atomic E-state index is 0.000645. The number of benzene rings is 4. The topological polar surface area (TPSA) is 86.8 Å². The Morgan fingerprint density at radius 3 is 1.98 bits per heavy atom. The van der Waals surface area contributed by atoms with E-state index in [-0.39, 0.29) is 40.5 Å². The lowest BCUT2D eigenvalue weighted by Gasteiger charge is -2.35. The Kier molecular flexibility index (Phi) is 11.4. The van der Waals surface area contributed by atoms with E-state index in [4.69, 9.17) is 23.2 Å². The Hall–Kier alpha value is -3.85. The highest BCUT2D eigenvalue weighted by molar-refractivity contribution is 7.92. The van der Waals surface area contributed by atoms with Crippen LogP contribution in [0.2, 0.25) is 10.0 Å². The van der Waals surface area contributed by atoms with E-state index in [9.17, 15) is 18.0 Å². The van der Waals surface area contributed by atoms with Crippen molar-refractivity contribution in [3.63, 3.8) is 0 Å². The van der Waals surface area contributed by atoms with E-state index in [1.807, 2.05) is 60.7 Å². The van der Waals surface area contributed by atoms with Crippen molar-refractivity contribution in [3.8, 4) is 0 Å². The number of rotatable bonds is 12. The van der Waals surface area contributed by atoms with Gasteiger partial charge in [-0.1, -0.05) is 121 Å². The number of nitrogens with one attached hydrogen (secondary N) is 1. The molecule has 4 aromatic rings. The van der Waals surface area contributed by atoms with Crippen LogP contribution >= 0.6 is 23.2 Å². The molecule has 1 atom stereocenters. The normalized spacial score (nSPS) is 14.3. The summed E-state index contributed by atoms with van der Waals surface area (Å²) in [4.78, 5) is 30.2. The first-order valence-electron chi connectivity index (χ1n) is 15.4. The molecule has 0 saturated heterocycles. The second-order valence-electron chi connectivity index (χ2n) is 11.5. The van der Waals surface area contributed by atoms with Gasteiger partial charge in [-0.15, -0.1) is 0 Å². The smallest absolute Gasteiger partial charge is 0.264 e. The fourth-order valence-electron chi connectivity index (χ4n) is 5.79. The number of hydrogen-bond acceptors (Lipinski definition) is 4. The first kappa shape index (κ1) is 33.5. The van der Waals surface area contributed by atoms with E-state index in [2.05, 4.69) is 5.32 Å². The van der Waals surface area contributed by atoms with Crippen LogP contribution in [-0.2, 0) is 32.6 Å². The van der Waals surface area contributed by atoms with Crippen LogP contribution in [0.25, 0.3) is 0 Å². The van der Waals surface area contributed by atoms with Gasteiger partial charge in [0, 0.05) is 24.0 Å². The molecule has 1 aliphatic carbocycles. The van der Waals surface area contributed by atoms with Crippen LogP contribution in [0, 0.1) is 0 Å². The molecular formula is C36H37Cl2N3O4S. The second-order valence-corrected chi connectivity index (χ2v) is 14.2. The molecule has 1 N–H and O–H groups in total. The minimum Gasteiger partial charge on any atom is -0.352 e. The van der Waals surface area contributed by atoms with Gasteiger partial charge in [0.25, 0.3) is 10.0 Å². The molecule has 0 radical (unpaired) electrons. The minimum atomic E-state index is -4.26. The summed E-state index contributed by atoms with van der Waals surface area (Å²) in [6.45, 7) is -0.490.